The number of rotatable bonds is 3. The van der Waals surface area contributed by atoms with Gasteiger partial charge in [0.15, 0.2) is 0 Å². The number of fused-ring (bicyclic) bond motifs is 3. The third-order valence-corrected chi connectivity index (χ3v) is 5.07. The number of ether oxygens (including phenoxy) is 1. The van der Waals surface area contributed by atoms with Crippen LogP contribution in [0.5, 0.6) is 5.75 Å². The fourth-order valence-electron chi connectivity index (χ4n) is 3.15. The molecule has 0 saturated carbocycles. The Hall–Kier alpha value is -1.97. The van der Waals surface area contributed by atoms with Crippen molar-refractivity contribution in [1.29, 1.82) is 0 Å². The van der Waals surface area contributed by atoms with Crippen LogP contribution in [0.4, 0.5) is 0 Å². The summed E-state index contributed by atoms with van der Waals surface area (Å²) in [5, 5.41) is 2.02. The molecule has 0 bridgehead atoms. The summed E-state index contributed by atoms with van der Waals surface area (Å²) in [4.78, 5) is 12.1. The van der Waals surface area contributed by atoms with Crippen molar-refractivity contribution in [2.75, 3.05) is 0 Å². The molecular weight excluding hydrogens is 347 g/mol. The average Bonchev–Trinajstić information content (AvgIpc) is 3.06. The highest BCUT2D eigenvalue weighted by Gasteiger charge is 2.19. The van der Waals surface area contributed by atoms with E-state index in [0.717, 1.165) is 41.3 Å². The highest BCUT2D eigenvalue weighted by Crippen LogP contribution is 2.30. The molecule has 1 aliphatic carbocycles. The van der Waals surface area contributed by atoms with E-state index >= 15 is 0 Å². The predicted octanol–water partition coefficient (Wildman–Crippen LogP) is 5.17. The van der Waals surface area contributed by atoms with Crippen LogP contribution < -0.4 is 10.4 Å². The Morgan fingerprint density at radius 3 is 2.67 bits per heavy atom. The zero-order chi connectivity index (χ0) is 16.7. The van der Waals surface area contributed by atoms with Crippen molar-refractivity contribution in [2.24, 2.45) is 0 Å². The Labute approximate surface area is 148 Å². The van der Waals surface area contributed by atoms with Gasteiger partial charge in [0.2, 0.25) is 0 Å². The molecule has 0 amide bonds. The Morgan fingerprint density at radius 1 is 1.00 bits per heavy atom. The van der Waals surface area contributed by atoms with E-state index in [1.165, 1.54) is 0 Å². The number of hydrogen-bond donors (Lipinski definition) is 0. The molecule has 0 saturated heterocycles. The van der Waals surface area contributed by atoms with E-state index in [1.54, 1.807) is 18.2 Å². The normalized spacial score (nSPS) is 13.2. The maximum absolute atomic E-state index is 12.1. The maximum Gasteiger partial charge on any atom is 0.339 e. The third kappa shape index (κ3) is 2.79. The van der Waals surface area contributed by atoms with Crippen molar-refractivity contribution in [2.45, 2.75) is 25.9 Å². The van der Waals surface area contributed by atoms with Gasteiger partial charge in [0, 0.05) is 17.0 Å². The van der Waals surface area contributed by atoms with E-state index in [9.17, 15) is 4.79 Å². The molecule has 1 heterocycles. The van der Waals surface area contributed by atoms with Gasteiger partial charge in [0.1, 0.15) is 17.9 Å². The molecular formula is C19H14Cl2O3. The molecule has 0 fully saturated rings. The smallest absolute Gasteiger partial charge is 0.339 e. The molecule has 0 aliphatic heterocycles. The second-order valence-electron chi connectivity index (χ2n) is 5.90. The first-order valence-electron chi connectivity index (χ1n) is 7.77. The van der Waals surface area contributed by atoms with E-state index in [2.05, 4.69) is 0 Å². The number of hydrogen-bond acceptors (Lipinski definition) is 3. The minimum atomic E-state index is -0.225. The van der Waals surface area contributed by atoms with Gasteiger partial charge in [-0.05, 0) is 54.7 Å². The first-order valence-corrected chi connectivity index (χ1v) is 8.53. The summed E-state index contributed by atoms with van der Waals surface area (Å²) in [5.41, 5.74) is 3.22. The Kier molecular flexibility index (Phi) is 3.99. The van der Waals surface area contributed by atoms with Gasteiger partial charge in [0.05, 0.1) is 10.0 Å². The molecule has 0 spiro atoms. The van der Waals surface area contributed by atoms with Gasteiger partial charge in [-0.25, -0.2) is 4.79 Å². The topological polar surface area (TPSA) is 39.4 Å². The first kappa shape index (κ1) is 15.6. The van der Waals surface area contributed by atoms with Crippen LogP contribution in [0, 0.1) is 0 Å². The molecule has 0 N–H and O–H groups in total. The Morgan fingerprint density at radius 2 is 1.83 bits per heavy atom. The summed E-state index contributed by atoms with van der Waals surface area (Å²) in [6, 6.07) is 11.0. The van der Waals surface area contributed by atoms with Crippen LogP contribution in [0.1, 0.15) is 23.1 Å². The minimum absolute atomic E-state index is 0.225. The van der Waals surface area contributed by atoms with Gasteiger partial charge in [-0.1, -0.05) is 29.3 Å². The summed E-state index contributed by atoms with van der Waals surface area (Å²) >= 11 is 11.9. The van der Waals surface area contributed by atoms with Gasteiger partial charge in [-0.3, -0.25) is 0 Å². The molecule has 0 atom stereocenters. The largest absolute Gasteiger partial charge is 0.489 e. The molecule has 4 rings (SSSR count). The molecule has 2 aromatic carbocycles. The average molecular weight is 361 g/mol. The van der Waals surface area contributed by atoms with E-state index < -0.39 is 0 Å². The molecule has 3 nitrogen and oxygen atoms in total. The first-order chi connectivity index (χ1) is 11.6. The van der Waals surface area contributed by atoms with Crippen LogP contribution in [0.15, 0.2) is 45.6 Å². The predicted molar refractivity (Wildman–Crippen MR) is 95.3 cm³/mol. The van der Waals surface area contributed by atoms with Crippen LogP contribution >= 0.6 is 23.2 Å². The number of benzene rings is 2. The highest BCUT2D eigenvalue weighted by atomic mass is 35.5. The summed E-state index contributed by atoms with van der Waals surface area (Å²) in [7, 11) is 0. The lowest BCUT2D eigenvalue weighted by Gasteiger charge is -2.09. The van der Waals surface area contributed by atoms with Crippen LogP contribution in [0.2, 0.25) is 10.0 Å². The lowest BCUT2D eigenvalue weighted by atomic mass is 10.1. The van der Waals surface area contributed by atoms with Crippen molar-refractivity contribution in [3.05, 3.63) is 73.6 Å². The second-order valence-corrected chi connectivity index (χ2v) is 6.71. The monoisotopic (exact) mass is 360 g/mol. The van der Waals surface area contributed by atoms with E-state index in [4.69, 9.17) is 32.4 Å². The van der Waals surface area contributed by atoms with Crippen molar-refractivity contribution < 1.29 is 9.15 Å². The van der Waals surface area contributed by atoms with Gasteiger partial charge in [0.25, 0.3) is 0 Å². The highest BCUT2D eigenvalue weighted by molar-refractivity contribution is 6.42. The fraction of sp³-hybridized carbons (Fsp3) is 0.211. The van der Waals surface area contributed by atoms with Crippen LogP contribution in [0.25, 0.3) is 11.0 Å². The molecule has 0 radical (unpaired) electrons. The Bertz CT molecular complexity index is 992. The van der Waals surface area contributed by atoms with Gasteiger partial charge in [-0.15, -0.1) is 0 Å². The standard InChI is InChI=1S/C19H14Cl2O3/c20-16-7-4-11(8-17(16)21)10-23-12-5-6-14-13-2-1-3-15(13)19(22)24-18(14)9-12/h4-9H,1-3,10H2. The van der Waals surface area contributed by atoms with Gasteiger partial charge >= 0.3 is 5.63 Å². The molecule has 5 heteroatoms. The van der Waals surface area contributed by atoms with Crippen molar-refractivity contribution in [3.8, 4) is 5.75 Å². The summed E-state index contributed by atoms with van der Waals surface area (Å²) in [6.45, 7) is 0.359. The lowest BCUT2D eigenvalue weighted by Crippen LogP contribution is -2.06. The maximum atomic E-state index is 12.1. The summed E-state index contributed by atoms with van der Waals surface area (Å²) in [5.74, 6) is 0.648. The zero-order valence-electron chi connectivity index (χ0n) is 12.8. The van der Waals surface area contributed by atoms with Crippen molar-refractivity contribution >= 4 is 34.2 Å². The van der Waals surface area contributed by atoms with E-state index in [-0.39, 0.29) is 5.63 Å². The van der Waals surface area contributed by atoms with Crippen LogP contribution in [-0.4, -0.2) is 0 Å². The quantitative estimate of drug-likeness (QED) is 0.605. The molecule has 0 unspecified atom stereocenters. The van der Waals surface area contributed by atoms with Gasteiger partial charge in [-0.2, -0.15) is 0 Å². The lowest BCUT2D eigenvalue weighted by molar-refractivity contribution is 0.306. The summed E-state index contributed by atoms with van der Waals surface area (Å²) in [6.07, 6.45) is 2.75. The van der Waals surface area contributed by atoms with E-state index in [0.29, 0.717) is 28.0 Å². The SMILES string of the molecule is O=c1oc2cc(OCc3ccc(Cl)c(Cl)c3)ccc2c2c1CCC2. The number of halogens is 2. The number of aryl methyl sites for hydroxylation is 1. The minimum Gasteiger partial charge on any atom is -0.489 e. The third-order valence-electron chi connectivity index (χ3n) is 4.33. The molecule has 1 aliphatic rings. The van der Waals surface area contributed by atoms with Gasteiger partial charge < -0.3 is 9.15 Å². The summed E-state index contributed by atoms with van der Waals surface area (Å²) < 4.78 is 11.2. The fourth-order valence-corrected chi connectivity index (χ4v) is 3.47. The van der Waals surface area contributed by atoms with Crippen LogP contribution in [0.3, 0.4) is 0 Å². The Balaban J connectivity index is 1.62. The second kappa shape index (κ2) is 6.15. The molecule has 24 heavy (non-hydrogen) atoms. The zero-order valence-corrected chi connectivity index (χ0v) is 14.3. The van der Waals surface area contributed by atoms with Crippen molar-refractivity contribution in [1.82, 2.24) is 0 Å². The molecule has 1 aromatic heterocycles. The van der Waals surface area contributed by atoms with Crippen LogP contribution in [-0.2, 0) is 19.4 Å². The van der Waals surface area contributed by atoms with Crippen molar-refractivity contribution in [3.63, 3.8) is 0 Å². The molecule has 3 aromatic rings. The van der Waals surface area contributed by atoms with E-state index in [1.807, 2.05) is 18.2 Å². The molecule has 122 valence electrons.